The molecule has 1 N–H and O–H groups in total. The first kappa shape index (κ1) is 18.6. The molecular weight excluding hydrogens is 344 g/mol. The van der Waals surface area contributed by atoms with Crippen molar-refractivity contribution in [2.75, 3.05) is 13.1 Å². The van der Waals surface area contributed by atoms with E-state index in [0.29, 0.717) is 10.7 Å². The number of aromatic nitrogens is 3. The summed E-state index contributed by atoms with van der Waals surface area (Å²) in [6, 6.07) is 4.31. The number of nitrogens with zero attached hydrogens (tertiary/aromatic N) is 3. The predicted molar refractivity (Wildman–Crippen MR) is 107 cm³/mol. The molecule has 1 saturated heterocycles. The van der Waals surface area contributed by atoms with Gasteiger partial charge in [0.25, 0.3) is 0 Å². The number of aromatic amines is 1. The van der Waals surface area contributed by atoms with Gasteiger partial charge in [-0.15, -0.1) is 0 Å². The fourth-order valence-electron chi connectivity index (χ4n) is 3.51. The summed E-state index contributed by atoms with van der Waals surface area (Å²) < 4.78 is 2.57. The second kappa shape index (κ2) is 7.58. The minimum Gasteiger partial charge on any atom is -0.339 e. The van der Waals surface area contributed by atoms with Gasteiger partial charge in [-0.1, -0.05) is 12.1 Å². The molecule has 26 heavy (non-hydrogen) atoms. The van der Waals surface area contributed by atoms with Crippen LogP contribution in [-0.2, 0) is 11.8 Å². The molecule has 6 heteroatoms. The zero-order valence-corrected chi connectivity index (χ0v) is 16.7. The molecule has 5 nitrogen and oxygen atoms in total. The Morgan fingerprint density at radius 1 is 1.19 bits per heavy atom. The average Bonchev–Trinajstić information content (AvgIpc) is 2.96. The normalized spacial score (nSPS) is 15.8. The van der Waals surface area contributed by atoms with Gasteiger partial charge < -0.3 is 9.47 Å². The molecule has 1 aliphatic heterocycles. The molecule has 0 aliphatic carbocycles. The summed E-state index contributed by atoms with van der Waals surface area (Å²) in [6.07, 6.45) is 5.46. The Labute approximate surface area is 159 Å². The Morgan fingerprint density at radius 3 is 2.46 bits per heavy atom. The molecule has 0 spiro atoms. The summed E-state index contributed by atoms with van der Waals surface area (Å²) >= 11 is 5.19. The predicted octanol–water partition coefficient (Wildman–Crippen LogP) is 3.82. The first-order chi connectivity index (χ1) is 12.4. The van der Waals surface area contributed by atoms with Gasteiger partial charge in [0.15, 0.2) is 4.77 Å². The van der Waals surface area contributed by atoms with Crippen molar-refractivity contribution < 1.29 is 4.79 Å². The molecule has 1 aliphatic rings. The first-order valence-corrected chi connectivity index (χ1v) is 9.43. The highest BCUT2D eigenvalue weighted by Gasteiger charge is 2.25. The number of aryl methyl sites for hydroxylation is 3. The van der Waals surface area contributed by atoms with Crippen molar-refractivity contribution in [1.82, 2.24) is 19.7 Å². The summed E-state index contributed by atoms with van der Waals surface area (Å²) in [4.78, 5) is 14.5. The van der Waals surface area contributed by atoms with Crippen molar-refractivity contribution in [2.45, 2.75) is 39.5 Å². The molecule has 138 valence electrons. The number of piperidine rings is 1. The standard InChI is InChI=1S/C20H26N4OS/c1-13-11-15(3)17(12-14(13)2)5-6-18(25)24-9-7-16(8-10-24)19-21-22-20(26)23(19)4/h5-6,11-12,16H,7-10H2,1-4H3,(H,22,26)/b6-5+. The lowest BCUT2D eigenvalue weighted by molar-refractivity contribution is -0.127. The van der Waals surface area contributed by atoms with E-state index in [9.17, 15) is 4.79 Å². The molecule has 2 heterocycles. The quantitative estimate of drug-likeness (QED) is 0.660. The van der Waals surface area contributed by atoms with Crippen LogP contribution in [0.1, 0.15) is 46.8 Å². The Morgan fingerprint density at radius 2 is 1.85 bits per heavy atom. The first-order valence-electron chi connectivity index (χ1n) is 9.03. The van der Waals surface area contributed by atoms with E-state index in [1.54, 1.807) is 6.08 Å². The number of benzene rings is 1. The van der Waals surface area contributed by atoms with E-state index < -0.39 is 0 Å². The molecular formula is C20H26N4OS. The molecule has 0 radical (unpaired) electrons. The zero-order chi connectivity index (χ0) is 18.8. The maximum absolute atomic E-state index is 12.5. The Hall–Kier alpha value is -2.21. The van der Waals surface area contributed by atoms with Gasteiger partial charge in [0.1, 0.15) is 5.82 Å². The molecule has 0 unspecified atom stereocenters. The summed E-state index contributed by atoms with van der Waals surface area (Å²) in [5.41, 5.74) is 4.83. The van der Waals surface area contributed by atoms with Crippen molar-refractivity contribution in [3.63, 3.8) is 0 Å². The number of carbonyl (C=O) groups is 1. The summed E-state index contributed by atoms with van der Waals surface area (Å²) in [5, 5.41) is 7.18. The van der Waals surface area contributed by atoms with Gasteiger partial charge in [-0.3, -0.25) is 9.89 Å². The Bertz CT molecular complexity index is 901. The maximum atomic E-state index is 12.5. The smallest absolute Gasteiger partial charge is 0.246 e. The van der Waals surface area contributed by atoms with Crippen LogP contribution in [0, 0.1) is 25.5 Å². The average molecular weight is 371 g/mol. The second-order valence-electron chi connectivity index (χ2n) is 7.17. The van der Waals surface area contributed by atoms with Gasteiger partial charge in [-0.05, 0) is 74.2 Å². The van der Waals surface area contributed by atoms with Crippen LogP contribution in [0.25, 0.3) is 6.08 Å². The minimum atomic E-state index is 0.0800. The van der Waals surface area contributed by atoms with Crippen molar-refractivity contribution in [3.8, 4) is 0 Å². The summed E-state index contributed by atoms with van der Waals surface area (Å²) in [5.74, 6) is 1.42. The van der Waals surface area contributed by atoms with Crippen molar-refractivity contribution in [2.24, 2.45) is 7.05 Å². The summed E-state index contributed by atoms with van der Waals surface area (Å²) in [6.45, 7) is 7.79. The van der Waals surface area contributed by atoms with Crippen LogP contribution < -0.4 is 0 Å². The van der Waals surface area contributed by atoms with E-state index >= 15 is 0 Å². The Kier molecular flexibility index (Phi) is 5.41. The van der Waals surface area contributed by atoms with Crippen LogP contribution in [0.4, 0.5) is 0 Å². The lowest BCUT2D eigenvalue weighted by atomic mass is 9.95. The number of H-pyrrole nitrogens is 1. The van der Waals surface area contributed by atoms with E-state index in [0.717, 1.165) is 37.3 Å². The monoisotopic (exact) mass is 370 g/mol. The lowest BCUT2D eigenvalue weighted by Gasteiger charge is -2.30. The van der Waals surface area contributed by atoms with Crippen molar-refractivity contribution in [3.05, 3.63) is 51.1 Å². The molecule has 1 aromatic carbocycles. The van der Waals surface area contributed by atoms with Crippen molar-refractivity contribution >= 4 is 24.2 Å². The van der Waals surface area contributed by atoms with Crippen LogP contribution in [-0.4, -0.2) is 38.7 Å². The SMILES string of the molecule is Cc1cc(C)c(/C=C/C(=O)N2CCC(c3n[nH]c(=S)n3C)CC2)cc1C. The van der Waals surface area contributed by atoms with E-state index in [2.05, 4.69) is 43.1 Å². The highest BCUT2D eigenvalue weighted by Crippen LogP contribution is 2.26. The van der Waals surface area contributed by atoms with Gasteiger partial charge in [0.2, 0.25) is 5.91 Å². The fraction of sp³-hybridized carbons (Fsp3) is 0.450. The van der Waals surface area contributed by atoms with Crippen LogP contribution in [0.2, 0.25) is 0 Å². The second-order valence-corrected chi connectivity index (χ2v) is 7.56. The number of likely N-dealkylation sites (tertiary alicyclic amines) is 1. The molecule has 3 rings (SSSR count). The van der Waals surface area contributed by atoms with Crippen molar-refractivity contribution in [1.29, 1.82) is 0 Å². The van der Waals surface area contributed by atoms with Crippen LogP contribution in [0.5, 0.6) is 0 Å². The van der Waals surface area contributed by atoms with Crippen LogP contribution in [0.3, 0.4) is 0 Å². The minimum absolute atomic E-state index is 0.0800. The van der Waals surface area contributed by atoms with Gasteiger partial charge in [-0.2, -0.15) is 5.10 Å². The molecule has 1 aromatic heterocycles. The largest absolute Gasteiger partial charge is 0.339 e. The number of rotatable bonds is 3. The van der Waals surface area contributed by atoms with E-state index in [1.807, 2.05) is 22.6 Å². The van der Waals surface area contributed by atoms with Crippen LogP contribution in [0.15, 0.2) is 18.2 Å². The van der Waals surface area contributed by atoms with Crippen LogP contribution >= 0.6 is 12.2 Å². The molecule has 2 aromatic rings. The number of hydrogen-bond acceptors (Lipinski definition) is 3. The van der Waals surface area contributed by atoms with Gasteiger partial charge >= 0.3 is 0 Å². The van der Waals surface area contributed by atoms with E-state index in [1.165, 1.54) is 16.7 Å². The third-order valence-electron chi connectivity index (χ3n) is 5.37. The molecule has 1 amide bonds. The van der Waals surface area contributed by atoms with E-state index in [-0.39, 0.29) is 5.91 Å². The fourth-order valence-corrected chi connectivity index (χ4v) is 3.65. The summed E-state index contributed by atoms with van der Waals surface area (Å²) in [7, 11) is 1.94. The highest BCUT2D eigenvalue weighted by molar-refractivity contribution is 7.71. The van der Waals surface area contributed by atoms with Gasteiger partial charge in [-0.25, -0.2) is 0 Å². The zero-order valence-electron chi connectivity index (χ0n) is 15.9. The number of carbonyl (C=O) groups excluding carboxylic acids is 1. The highest BCUT2D eigenvalue weighted by atomic mass is 32.1. The number of hydrogen-bond donors (Lipinski definition) is 1. The molecule has 0 bridgehead atoms. The number of nitrogens with one attached hydrogen (secondary N) is 1. The maximum Gasteiger partial charge on any atom is 0.246 e. The third kappa shape index (κ3) is 3.80. The lowest BCUT2D eigenvalue weighted by Crippen LogP contribution is -2.37. The molecule has 0 atom stereocenters. The third-order valence-corrected chi connectivity index (χ3v) is 5.74. The van der Waals surface area contributed by atoms with Gasteiger partial charge in [0, 0.05) is 32.1 Å². The molecule has 0 saturated carbocycles. The topological polar surface area (TPSA) is 53.9 Å². The Balaban J connectivity index is 1.63. The van der Waals surface area contributed by atoms with Gasteiger partial charge in [0.05, 0.1) is 0 Å². The molecule has 1 fully saturated rings. The number of amides is 1. The van der Waals surface area contributed by atoms with E-state index in [4.69, 9.17) is 12.2 Å².